The molecule has 29 heavy (non-hydrogen) atoms. The monoisotopic (exact) mass is 437 g/mol. The number of hydrogen-bond acceptors (Lipinski definition) is 8. The van der Waals surface area contributed by atoms with Crippen molar-refractivity contribution in [3.05, 3.63) is 28.5 Å². The quantitative estimate of drug-likeness (QED) is 0.554. The van der Waals surface area contributed by atoms with E-state index in [1.807, 2.05) is 6.07 Å². The molecule has 0 saturated heterocycles. The van der Waals surface area contributed by atoms with Crippen LogP contribution in [0, 0.1) is 0 Å². The number of nitrogens with one attached hydrogen (secondary N) is 3. The topological polar surface area (TPSA) is 125 Å². The first-order valence-corrected chi connectivity index (χ1v) is 11.0. The number of ether oxygens (including phenoxy) is 1. The SMILES string of the molecule is CNc1nc(Nc2cc3c(nc2OC)CCN(S(C)(=O)=O)C3)nc2[nH]cc(Cl)c12. The molecule has 0 fully saturated rings. The fraction of sp³-hybridized carbons (Fsp3) is 0.353. The van der Waals surface area contributed by atoms with Gasteiger partial charge in [0, 0.05) is 32.8 Å². The average Bonchev–Trinajstić information content (AvgIpc) is 3.06. The van der Waals surface area contributed by atoms with Crippen LogP contribution in [0.4, 0.5) is 17.5 Å². The van der Waals surface area contributed by atoms with E-state index in [0.717, 1.165) is 11.3 Å². The van der Waals surface area contributed by atoms with Gasteiger partial charge in [-0.1, -0.05) is 11.6 Å². The number of aromatic amines is 1. The molecule has 3 N–H and O–H groups in total. The van der Waals surface area contributed by atoms with Crippen molar-refractivity contribution in [2.45, 2.75) is 13.0 Å². The Morgan fingerprint density at radius 2 is 2.10 bits per heavy atom. The Hall–Kier alpha value is -2.63. The molecule has 10 nitrogen and oxygen atoms in total. The maximum atomic E-state index is 11.9. The summed E-state index contributed by atoms with van der Waals surface area (Å²) in [4.78, 5) is 16.5. The minimum absolute atomic E-state index is 0.258. The van der Waals surface area contributed by atoms with Gasteiger partial charge < -0.3 is 20.4 Å². The minimum Gasteiger partial charge on any atom is -0.480 e. The van der Waals surface area contributed by atoms with Gasteiger partial charge in [-0.15, -0.1) is 0 Å². The van der Waals surface area contributed by atoms with Gasteiger partial charge in [-0.2, -0.15) is 14.3 Å². The maximum Gasteiger partial charge on any atom is 0.237 e. The molecule has 0 radical (unpaired) electrons. The van der Waals surface area contributed by atoms with Gasteiger partial charge in [-0.25, -0.2) is 13.4 Å². The number of methoxy groups -OCH3 is 1. The van der Waals surface area contributed by atoms with E-state index in [-0.39, 0.29) is 6.54 Å². The van der Waals surface area contributed by atoms with Crippen molar-refractivity contribution in [2.75, 3.05) is 37.6 Å². The lowest BCUT2D eigenvalue weighted by Gasteiger charge is -2.27. The normalized spacial score (nSPS) is 14.6. The lowest BCUT2D eigenvalue weighted by atomic mass is 10.1. The summed E-state index contributed by atoms with van der Waals surface area (Å²) >= 11 is 6.19. The summed E-state index contributed by atoms with van der Waals surface area (Å²) < 4.78 is 30.7. The summed E-state index contributed by atoms with van der Waals surface area (Å²) in [5, 5.41) is 7.34. The van der Waals surface area contributed by atoms with Crippen LogP contribution >= 0.6 is 11.6 Å². The zero-order valence-corrected chi connectivity index (χ0v) is 17.6. The Labute approximate surface area is 172 Å². The number of fused-ring (bicyclic) bond motifs is 2. The van der Waals surface area contributed by atoms with Crippen molar-refractivity contribution < 1.29 is 13.2 Å². The molecule has 4 heterocycles. The summed E-state index contributed by atoms with van der Waals surface area (Å²) in [5.74, 6) is 1.27. The van der Waals surface area contributed by atoms with Gasteiger partial charge in [0.2, 0.25) is 21.9 Å². The first kappa shape index (κ1) is 19.7. The summed E-state index contributed by atoms with van der Waals surface area (Å²) in [6.45, 7) is 0.654. The number of anilines is 3. The highest BCUT2D eigenvalue weighted by molar-refractivity contribution is 7.88. The highest BCUT2D eigenvalue weighted by atomic mass is 35.5. The van der Waals surface area contributed by atoms with Crippen molar-refractivity contribution in [3.63, 3.8) is 0 Å². The number of nitrogens with zero attached hydrogens (tertiary/aromatic N) is 4. The van der Waals surface area contributed by atoms with Crippen LogP contribution in [0.25, 0.3) is 11.0 Å². The molecule has 154 valence electrons. The van der Waals surface area contributed by atoms with E-state index < -0.39 is 10.0 Å². The third-order valence-electron chi connectivity index (χ3n) is 4.73. The molecule has 1 aliphatic rings. The largest absolute Gasteiger partial charge is 0.480 e. The van der Waals surface area contributed by atoms with Crippen molar-refractivity contribution in [1.82, 2.24) is 24.2 Å². The molecule has 3 aromatic heterocycles. The minimum atomic E-state index is -3.28. The fourth-order valence-corrected chi connectivity index (χ4v) is 4.34. The summed E-state index contributed by atoms with van der Waals surface area (Å²) in [7, 11) is -0.00984. The predicted octanol–water partition coefficient (Wildman–Crippen LogP) is 2.12. The van der Waals surface area contributed by atoms with Gasteiger partial charge >= 0.3 is 0 Å². The molecular weight excluding hydrogens is 418 g/mol. The first-order chi connectivity index (χ1) is 13.8. The second kappa shape index (κ2) is 7.32. The van der Waals surface area contributed by atoms with E-state index in [1.54, 1.807) is 13.2 Å². The fourth-order valence-electron chi connectivity index (χ4n) is 3.31. The highest BCUT2D eigenvalue weighted by Crippen LogP contribution is 2.33. The van der Waals surface area contributed by atoms with Gasteiger partial charge in [-0.3, -0.25) is 0 Å². The summed E-state index contributed by atoms with van der Waals surface area (Å²) in [6, 6.07) is 1.83. The molecule has 0 atom stereocenters. The van der Waals surface area contributed by atoms with Crippen LogP contribution in [0.3, 0.4) is 0 Å². The second-order valence-corrected chi connectivity index (χ2v) is 9.02. The van der Waals surface area contributed by atoms with Crippen molar-refractivity contribution in [3.8, 4) is 5.88 Å². The third kappa shape index (κ3) is 3.68. The van der Waals surface area contributed by atoms with Gasteiger partial charge in [0.05, 0.1) is 29.5 Å². The molecule has 3 aromatic rings. The number of rotatable bonds is 5. The van der Waals surface area contributed by atoms with Crippen molar-refractivity contribution in [1.29, 1.82) is 0 Å². The van der Waals surface area contributed by atoms with E-state index >= 15 is 0 Å². The molecule has 12 heteroatoms. The first-order valence-electron chi connectivity index (χ1n) is 8.81. The van der Waals surface area contributed by atoms with Crippen molar-refractivity contribution >= 4 is 50.1 Å². The van der Waals surface area contributed by atoms with Gasteiger partial charge in [0.1, 0.15) is 17.2 Å². The standard InChI is InChI=1S/C17H20ClN7O3S/c1-19-14-13-10(18)7-20-15(13)24-17(23-14)22-12-6-9-8-25(29(3,26)27)5-4-11(9)21-16(12)28-2/h6-7H,4-5,8H2,1-3H3,(H3,19,20,22,23,24). The zero-order valence-electron chi connectivity index (χ0n) is 16.1. The number of sulfonamides is 1. The van der Waals surface area contributed by atoms with E-state index in [0.29, 0.717) is 52.4 Å². The molecule has 0 aliphatic carbocycles. The van der Waals surface area contributed by atoms with Gasteiger partial charge in [0.25, 0.3) is 0 Å². The Kier molecular flexibility index (Phi) is 4.97. The number of pyridine rings is 1. The lowest BCUT2D eigenvalue weighted by Crippen LogP contribution is -2.35. The number of aromatic nitrogens is 4. The number of H-pyrrole nitrogens is 1. The Morgan fingerprint density at radius 3 is 2.79 bits per heavy atom. The molecular formula is C17H20ClN7O3S. The van der Waals surface area contributed by atoms with E-state index in [2.05, 4.69) is 30.6 Å². The van der Waals surface area contributed by atoms with Crippen LogP contribution in [0.2, 0.25) is 5.02 Å². The smallest absolute Gasteiger partial charge is 0.237 e. The second-order valence-electron chi connectivity index (χ2n) is 6.63. The van der Waals surface area contributed by atoms with E-state index in [1.165, 1.54) is 17.7 Å². The molecule has 1 aliphatic heterocycles. The van der Waals surface area contributed by atoms with Gasteiger partial charge in [0.15, 0.2) is 0 Å². The number of hydrogen-bond donors (Lipinski definition) is 3. The van der Waals surface area contributed by atoms with E-state index in [9.17, 15) is 8.42 Å². The van der Waals surface area contributed by atoms with Crippen LogP contribution in [0.5, 0.6) is 5.88 Å². The lowest BCUT2D eigenvalue weighted by molar-refractivity contribution is 0.377. The highest BCUT2D eigenvalue weighted by Gasteiger charge is 2.26. The summed E-state index contributed by atoms with van der Waals surface area (Å²) in [6.07, 6.45) is 3.37. The Bertz CT molecular complexity index is 1200. The third-order valence-corrected chi connectivity index (χ3v) is 6.28. The predicted molar refractivity (Wildman–Crippen MR) is 111 cm³/mol. The average molecular weight is 438 g/mol. The maximum absolute atomic E-state index is 11.9. The molecule has 4 rings (SSSR count). The molecule has 0 aromatic carbocycles. The van der Waals surface area contributed by atoms with Crippen LogP contribution in [-0.4, -0.2) is 59.6 Å². The molecule has 0 saturated carbocycles. The molecule has 0 spiro atoms. The van der Waals surface area contributed by atoms with Crippen LogP contribution in [0.1, 0.15) is 11.3 Å². The van der Waals surface area contributed by atoms with Crippen LogP contribution < -0.4 is 15.4 Å². The van der Waals surface area contributed by atoms with Gasteiger partial charge in [-0.05, 0) is 11.6 Å². The Morgan fingerprint density at radius 1 is 1.31 bits per heavy atom. The van der Waals surface area contributed by atoms with Crippen molar-refractivity contribution in [2.24, 2.45) is 0 Å². The van der Waals surface area contributed by atoms with E-state index in [4.69, 9.17) is 16.3 Å². The molecule has 0 unspecified atom stereocenters. The summed E-state index contributed by atoms with van der Waals surface area (Å²) in [5.41, 5.74) is 2.74. The number of halogens is 1. The Balaban J connectivity index is 1.73. The zero-order chi connectivity index (χ0) is 20.8. The van der Waals surface area contributed by atoms with Crippen LogP contribution in [0.15, 0.2) is 12.3 Å². The molecule has 0 bridgehead atoms. The molecule has 0 amide bonds. The van der Waals surface area contributed by atoms with Crippen LogP contribution in [-0.2, 0) is 23.0 Å².